The summed E-state index contributed by atoms with van der Waals surface area (Å²) in [6.07, 6.45) is -5.54. The minimum atomic E-state index is -4.41. The van der Waals surface area contributed by atoms with Crippen LogP contribution in [0.1, 0.15) is 42.1 Å². The normalized spacial score (nSPS) is 14.6. The largest absolute Gasteiger partial charge is 0.479 e. The van der Waals surface area contributed by atoms with Crippen LogP contribution in [-0.4, -0.2) is 100 Å². The molecule has 1 fully saturated rings. The molecule has 0 saturated carbocycles. The number of carboxylic acids is 2. The van der Waals surface area contributed by atoms with Gasteiger partial charge in [0.1, 0.15) is 12.1 Å². The van der Waals surface area contributed by atoms with E-state index in [-0.39, 0.29) is 42.3 Å². The molecule has 60 heavy (non-hydrogen) atoms. The van der Waals surface area contributed by atoms with Crippen LogP contribution in [0.4, 0.5) is 22.0 Å². The second-order valence-electron chi connectivity index (χ2n) is 14.3. The summed E-state index contributed by atoms with van der Waals surface area (Å²) in [6, 6.07) is 17.8. The molecule has 2 atom stereocenters. The molecule has 1 aliphatic rings. The third-order valence-electron chi connectivity index (χ3n) is 10.5. The molecule has 13 nitrogen and oxygen atoms in total. The zero-order valence-corrected chi connectivity index (χ0v) is 32.6. The van der Waals surface area contributed by atoms with Gasteiger partial charge in [-0.2, -0.15) is 18.3 Å². The Kier molecular flexibility index (Phi) is 14.6. The maximum atomic E-state index is 14.5. The van der Waals surface area contributed by atoms with Crippen molar-refractivity contribution < 1.29 is 56.8 Å². The van der Waals surface area contributed by atoms with E-state index < -0.39 is 47.5 Å². The van der Waals surface area contributed by atoms with Crippen LogP contribution in [0.15, 0.2) is 83.8 Å². The molecule has 2 aromatic heterocycles. The molecule has 1 saturated heterocycles. The van der Waals surface area contributed by atoms with Gasteiger partial charge in [-0.1, -0.05) is 55.5 Å². The Morgan fingerprint density at radius 3 is 2.02 bits per heavy atom. The number of aryl methyl sites for hydroxylation is 3. The van der Waals surface area contributed by atoms with E-state index in [0.29, 0.717) is 28.8 Å². The number of aliphatic carboxylic acids is 2. The van der Waals surface area contributed by atoms with Crippen LogP contribution in [-0.2, 0) is 53.5 Å². The maximum Gasteiger partial charge on any atom is 0.416 e. The highest BCUT2D eigenvalue weighted by atomic mass is 19.4. The molecule has 320 valence electrons. The Morgan fingerprint density at radius 1 is 0.883 bits per heavy atom. The highest BCUT2D eigenvalue weighted by Gasteiger charge is 2.31. The van der Waals surface area contributed by atoms with Crippen molar-refractivity contribution in [3.8, 4) is 11.1 Å². The molecule has 5 aromatic rings. The molecule has 6 rings (SSSR count). The number of pyridine rings is 1. The van der Waals surface area contributed by atoms with Gasteiger partial charge in [0.2, 0.25) is 11.3 Å². The van der Waals surface area contributed by atoms with Gasteiger partial charge in [-0.15, -0.1) is 0 Å². The number of hydrogen-bond donors (Lipinski definition) is 4. The standard InChI is InChI=1S/C38H38F5N5O2.C4H6O6/c1-3-46-19-17-30(18-20-46)48(23-25-7-9-26(10-8-25)27-11-14-29(15-12-27)38(41,42)43)35(50)24-47-31(16-13-28-5-4-6-32(39)36(28)40)21-34(49)37-33(47)22-44-45(37)2;5-1(3(7)8)2(6)4(9)10/h4-12,14-15,21-22,30H,3,13,16-20,23-24H2,1-2H3;1-2,5-6H,(H,7,8)(H,9,10). The van der Waals surface area contributed by atoms with Gasteiger partial charge < -0.3 is 34.8 Å². The Morgan fingerprint density at radius 2 is 1.47 bits per heavy atom. The third kappa shape index (κ3) is 10.8. The first-order valence-corrected chi connectivity index (χ1v) is 19.0. The Bertz CT molecular complexity index is 2340. The van der Waals surface area contributed by atoms with Gasteiger partial charge in [0.05, 0.1) is 17.3 Å². The number of benzene rings is 3. The maximum absolute atomic E-state index is 14.5. The van der Waals surface area contributed by atoms with Crippen molar-refractivity contribution in [2.45, 2.75) is 70.1 Å². The highest BCUT2D eigenvalue weighted by molar-refractivity contribution is 5.83. The lowest BCUT2D eigenvalue weighted by molar-refractivity contribution is -0.165. The molecule has 0 radical (unpaired) electrons. The van der Waals surface area contributed by atoms with Crippen LogP contribution in [0.25, 0.3) is 22.2 Å². The second-order valence-corrected chi connectivity index (χ2v) is 14.3. The molecule has 0 aliphatic carbocycles. The summed E-state index contributed by atoms with van der Waals surface area (Å²) in [4.78, 5) is 51.3. The lowest BCUT2D eigenvalue weighted by atomic mass is 10.00. The number of fused-ring (bicyclic) bond motifs is 1. The molecule has 3 heterocycles. The number of halogens is 5. The van der Waals surface area contributed by atoms with Crippen LogP contribution in [0, 0.1) is 11.6 Å². The number of amides is 1. The molecule has 0 bridgehead atoms. The number of carbonyl (C=O) groups excluding carboxylic acids is 1. The molecule has 3 aromatic carbocycles. The van der Waals surface area contributed by atoms with Crippen LogP contribution >= 0.6 is 0 Å². The predicted molar refractivity (Wildman–Crippen MR) is 209 cm³/mol. The number of aromatic nitrogens is 3. The number of carbonyl (C=O) groups is 3. The molecular formula is C42H44F5N5O8. The minimum Gasteiger partial charge on any atom is -0.479 e. The minimum absolute atomic E-state index is 0.0477. The SMILES string of the molecule is CCN1CCC(N(Cc2ccc(-c3ccc(C(F)(F)F)cc3)cc2)C(=O)Cn2c(CCc3cccc(F)c3F)cc(=O)c3c2cnn3C)CC1.O=C(O)C(O)C(O)C(=O)O. The summed E-state index contributed by atoms with van der Waals surface area (Å²) in [5, 5.41) is 36.8. The molecule has 18 heteroatoms. The number of aliphatic hydroxyl groups excluding tert-OH is 2. The van der Waals surface area contributed by atoms with Gasteiger partial charge >= 0.3 is 18.1 Å². The summed E-state index contributed by atoms with van der Waals surface area (Å²) >= 11 is 0. The zero-order valence-electron chi connectivity index (χ0n) is 32.6. The van der Waals surface area contributed by atoms with E-state index in [9.17, 15) is 41.1 Å². The average Bonchev–Trinajstić information content (AvgIpc) is 3.62. The first-order valence-electron chi connectivity index (χ1n) is 19.0. The number of piperidine rings is 1. The van der Waals surface area contributed by atoms with E-state index in [1.165, 1.54) is 35.0 Å². The summed E-state index contributed by atoms with van der Waals surface area (Å²) in [5.74, 6) is -5.59. The number of hydrogen-bond acceptors (Lipinski definition) is 8. The van der Waals surface area contributed by atoms with E-state index in [1.807, 2.05) is 29.2 Å². The van der Waals surface area contributed by atoms with Gasteiger partial charge in [0, 0.05) is 44.5 Å². The first-order chi connectivity index (χ1) is 28.4. The molecule has 1 aliphatic heterocycles. The summed E-state index contributed by atoms with van der Waals surface area (Å²) in [5.41, 5.74) is 2.76. The van der Waals surface area contributed by atoms with Crippen molar-refractivity contribution in [2.24, 2.45) is 7.05 Å². The van der Waals surface area contributed by atoms with E-state index in [1.54, 1.807) is 17.8 Å². The topological polar surface area (TPSA) is 178 Å². The number of carboxylic acid groups (broad SMARTS) is 2. The second kappa shape index (κ2) is 19.4. The summed E-state index contributed by atoms with van der Waals surface area (Å²) in [7, 11) is 1.65. The lowest BCUT2D eigenvalue weighted by Crippen LogP contribution is -2.48. The van der Waals surface area contributed by atoms with Gasteiger partial charge in [0.15, 0.2) is 23.8 Å². The highest BCUT2D eigenvalue weighted by Crippen LogP contribution is 2.31. The zero-order chi connectivity index (χ0) is 43.9. The summed E-state index contributed by atoms with van der Waals surface area (Å²) < 4.78 is 70.9. The van der Waals surface area contributed by atoms with E-state index in [2.05, 4.69) is 16.9 Å². The van der Waals surface area contributed by atoms with Crippen molar-refractivity contribution in [2.75, 3.05) is 19.6 Å². The van der Waals surface area contributed by atoms with E-state index >= 15 is 0 Å². The van der Waals surface area contributed by atoms with E-state index in [4.69, 9.17) is 20.4 Å². The van der Waals surface area contributed by atoms with Crippen molar-refractivity contribution in [1.82, 2.24) is 24.1 Å². The van der Waals surface area contributed by atoms with Crippen LogP contribution < -0.4 is 5.43 Å². The Labute approximate surface area is 340 Å². The van der Waals surface area contributed by atoms with Crippen molar-refractivity contribution in [3.63, 3.8) is 0 Å². The van der Waals surface area contributed by atoms with Crippen LogP contribution in [0.3, 0.4) is 0 Å². The monoisotopic (exact) mass is 841 g/mol. The molecule has 4 N–H and O–H groups in total. The van der Waals surface area contributed by atoms with Crippen molar-refractivity contribution in [1.29, 1.82) is 0 Å². The quantitative estimate of drug-likeness (QED) is 0.120. The number of alkyl halides is 3. The van der Waals surface area contributed by atoms with Crippen LogP contribution in [0.2, 0.25) is 0 Å². The van der Waals surface area contributed by atoms with Gasteiger partial charge in [-0.25, -0.2) is 18.4 Å². The van der Waals surface area contributed by atoms with Crippen LogP contribution in [0.5, 0.6) is 0 Å². The average molecular weight is 842 g/mol. The Balaban J connectivity index is 0.000000606. The number of nitrogens with zero attached hydrogens (tertiary/aromatic N) is 5. The third-order valence-corrected chi connectivity index (χ3v) is 10.5. The molecular weight excluding hydrogens is 797 g/mol. The number of aliphatic hydroxyl groups is 2. The van der Waals surface area contributed by atoms with Gasteiger partial charge in [-0.3, -0.25) is 14.3 Å². The molecule has 1 amide bonds. The molecule has 0 spiro atoms. The predicted octanol–water partition coefficient (Wildman–Crippen LogP) is 4.87. The fourth-order valence-corrected chi connectivity index (χ4v) is 7.07. The van der Waals surface area contributed by atoms with Gasteiger partial charge in [-0.05, 0) is 72.7 Å². The van der Waals surface area contributed by atoms with Gasteiger partial charge in [0.25, 0.3) is 0 Å². The summed E-state index contributed by atoms with van der Waals surface area (Å²) in [6.45, 7) is 4.91. The van der Waals surface area contributed by atoms with Crippen molar-refractivity contribution in [3.05, 3.63) is 123 Å². The fourth-order valence-electron chi connectivity index (χ4n) is 7.07. The Hall–Kier alpha value is -5.98. The van der Waals surface area contributed by atoms with E-state index in [0.717, 1.165) is 61.8 Å². The van der Waals surface area contributed by atoms with Crippen molar-refractivity contribution >= 4 is 28.9 Å². The fraction of sp³-hybridized carbons (Fsp3) is 0.357. The first kappa shape index (κ1) is 45.1. The molecule has 2 unspecified atom stereocenters. The number of likely N-dealkylation sites (tertiary alicyclic amines) is 1. The lowest BCUT2D eigenvalue weighted by Gasteiger charge is -2.38. The smallest absolute Gasteiger partial charge is 0.416 e. The number of rotatable bonds is 13.